The lowest BCUT2D eigenvalue weighted by molar-refractivity contribution is 0.288. The largest absolute Gasteiger partial charge is 0.504 e. The minimum absolute atomic E-state index is 0.209. The maximum absolute atomic E-state index is 9.91. The maximum atomic E-state index is 9.91. The third-order valence-corrected chi connectivity index (χ3v) is 3.07. The molecule has 2 aromatic carbocycles. The van der Waals surface area contributed by atoms with Crippen molar-refractivity contribution in [2.75, 3.05) is 0 Å². The first-order valence-corrected chi connectivity index (χ1v) is 6.47. The van der Waals surface area contributed by atoms with Gasteiger partial charge in [-0.1, -0.05) is 58.4 Å². The number of halogens is 1. The summed E-state index contributed by atoms with van der Waals surface area (Å²) in [5.41, 5.74) is 1.91. The van der Waals surface area contributed by atoms with Crippen molar-refractivity contribution in [3.8, 4) is 11.5 Å². The van der Waals surface area contributed by atoms with E-state index < -0.39 is 0 Å². The highest BCUT2D eigenvalue weighted by molar-refractivity contribution is 9.08. The Morgan fingerprint density at radius 2 is 1.76 bits per heavy atom. The molecule has 0 aromatic heterocycles. The second-order valence-corrected chi connectivity index (χ2v) is 4.23. The van der Waals surface area contributed by atoms with Crippen LogP contribution in [-0.2, 0) is 11.9 Å². The molecule has 2 nitrogen and oxygen atoms in total. The summed E-state index contributed by atoms with van der Waals surface area (Å²) in [6, 6.07) is 15.4. The zero-order valence-electron chi connectivity index (χ0n) is 9.27. The van der Waals surface area contributed by atoms with Gasteiger partial charge in [-0.3, -0.25) is 0 Å². The van der Waals surface area contributed by atoms with Crippen molar-refractivity contribution < 1.29 is 9.84 Å². The standard InChI is InChI=1S/C14H13BrO2/c15-9-12-7-4-8-13(14(12)16)17-10-11-5-2-1-3-6-11/h1-8,16H,9-10H2. The number of ether oxygens (including phenoxy) is 1. The number of alkyl halides is 1. The van der Waals surface area contributed by atoms with Crippen molar-refractivity contribution >= 4 is 15.9 Å². The van der Waals surface area contributed by atoms with E-state index in [2.05, 4.69) is 15.9 Å². The molecule has 17 heavy (non-hydrogen) atoms. The smallest absolute Gasteiger partial charge is 0.161 e. The molecule has 1 N–H and O–H groups in total. The van der Waals surface area contributed by atoms with Gasteiger partial charge in [0.25, 0.3) is 0 Å². The highest BCUT2D eigenvalue weighted by Gasteiger charge is 2.06. The van der Waals surface area contributed by atoms with Crippen LogP contribution in [0, 0.1) is 0 Å². The van der Waals surface area contributed by atoms with Crippen LogP contribution in [0.2, 0.25) is 0 Å². The molecular weight excluding hydrogens is 280 g/mol. The van der Waals surface area contributed by atoms with Gasteiger partial charge < -0.3 is 9.84 Å². The van der Waals surface area contributed by atoms with E-state index in [4.69, 9.17) is 4.74 Å². The average molecular weight is 293 g/mol. The Kier molecular flexibility index (Phi) is 4.04. The molecule has 0 aliphatic rings. The summed E-state index contributed by atoms with van der Waals surface area (Å²) in [7, 11) is 0. The first-order chi connectivity index (χ1) is 8.31. The summed E-state index contributed by atoms with van der Waals surface area (Å²) in [5.74, 6) is 0.728. The molecule has 0 saturated carbocycles. The topological polar surface area (TPSA) is 29.5 Å². The number of hydrogen-bond acceptors (Lipinski definition) is 2. The van der Waals surface area contributed by atoms with Crippen molar-refractivity contribution in [2.45, 2.75) is 11.9 Å². The van der Waals surface area contributed by atoms with E-state index in [0.717, 1.165) is 11.1 Å². The summed E-state index contributed by atoms with van der Waals surface area (Å²) in [5, 5.41) is 10.5. The fraction of sp³-hybridized carbons (Fsp3) is 0.143. The predicted molar refractivity (Wildman–Crippen MR) is 71.5 cm³/mol. The van der Waals surface area contributed by atoms with E-state index in [1.807, 2.05) is 42.5 Å². The third-order valence-electron chi connectivity index (χ3n) is 2.46. The van der Waals surface area contributed by atoms with E-state index >= 15 is 0 Å². The van der Waals surface area contributed by atoms with Crippen molar-refractivity contribution in [2.24, 2.45) is 0 Å². The van der Waals surface area contributed by atoms with Gasteiger partial charge in [0.15, 0.2) is 11.5 Å². The van der Waals surface area contributed by atoms with Crippen molar-refractivity contribution in [3.05, 3.63) is 59.7 Å². The molecule has 88 valence electrons. The number of phenolic OH excluding ortho intramolecular Hbond substituents is 1. The zero-order valence-corrected chi connectivity index (χ0v) is 10.9. The second-order valence-electron chi connectivity index (χ2n) is 3.67. The quantitative estimate of drug-likeness (QED) is 0.867. The molecule has 0 amide bonds. The molecule has 0 saturated heterocycles. The summed E-state index contributed by atoms with van der Waals surface area (Å²) >= 11 is 3.32. The van der Waals surface area contributed by atoms with Gasteiger partial charge in [0.2, 0.25) is 0 Å². The number of hydrogen-bond donors (Lipinski definition) is 1. The number of para-hydroxylation sites is 1. The Labute approximate surface area is 109 Å². The monoisotopic (exact) mass is 292 g/mol. The lowest BCUT2D eigenvalue weighted by Gasteiger charge is -2.10. The van der Waals surface area contributed by atoms with Gasteiger partial charge in [-0.05, 0) is 11.6 Å². The van der Waals surface area contributed by atoms with Gasteiger partial charge in [-0.25, -0.2) is 0 Å². The minimum atomic E-state index is 0.209. The molecule has 0 aliphatic carbocycles. The zero-order chi connectivity index (χ0) is 12.1. The number of rotatable bonds is 4. The van der Waals surface area contributed by atoms with Gasteiger partial charge in [-0.2, -0.15) is 0 Å². The van der Waals surface area contributed by atoms with Gasteiger partial charge in [0, 0.05) is 10.9 Å². The SMILES string of the molecule is Oc1c(CBr)cccc1OCc1ccccc1. The van der Waals surface area contributed by atoms with Crippen LogP contribution in [0.4, 0.5) is 0 Å². The number of benzene rings is 2. The van der Waals surface area contributed by atoms with Crippen LogP contribution in [0.25, 0.3) is 0 Å². The summed E-state index contributed by atoms with van der Waals surface area (Å²) in [6.07, 6.45) is 0. The molecule has 3 heteroatoms. The van der Waals surface area contributed by atoms with Crippen LogP contribution < -0.4 is 4.74 Å². The van der Waals surface area contributed by atoms with E-state index in [1.54, 1.807) is 6.07 Å². The van der Waals surface area contributed by atoms with Crippen LogP contribution in [0.1, 0.15) is 11.1 Å². The van der Waals surface area contributed by atoms with Crippen molar-refractivity contribution in [3.63, 3.8) is 0 Å². The van der Waals surface area contributed by atoms with E-state index in [0.29, 0.717) is 17.7 Å². The molecule has 0 heterocycles. The number of aromatic hydroxyl groups is 1. The summed E-state index contributed by atoms with van der Waals surface area (Å²) in [4.78, 5) is 0. The van der Waals surface area contributed by atoms with E-state index in [9.17, 15) is 5.11 Å². The van der Waals surface area contributed by atoms with Crippen LogP contribution in [0.3, 0.4) is 0 Å². The highest BCUT2D eigenvalue weighted by Crippen LogP contribution is 2.31. The minimum Gasteiger partial charge on any atom is -0.504 e. The molecule has 0 aliphatic heterocycles. The normalized spacial score (nSPS) is 10.2. The van der Waals surface area contributed by atoms with Crippen LogP contribution in [-0.4, -0.2) is 5.11 Å². The number of phenols is 1. The molecule has 0 atom stereocenters. The van der Waals surface area contributed by atoms with E-state index in [-0.39, 0.29) is 5.75 Å². The van der Waals surface area contributed by atoms with Crippen LogP contribution >= 0.6 is 15.9 Å². The third kappa shape index (κ3) is 3.01. The fourth-order valence-electron chi connectivity index (χ4n) is 1.53. The maximum Gasteiger partial charge on any atom is 0.161 e. The molecular formula is C14H13BrO2. The lowest BCUT2D eigenvalue weighted by Crippen LogP contribution is -1.96. The van der Waals surface area contributed by atoms with E-state index in [1.165, 1.54) is 0 Å². The molecule has 0 unspecified atom stereocenters. The summed E-state index contributed by atoms with van der Waals surface area (Å²) in [6.45, 7) is 0.458. The molecule has 0 radical (unpaired) electrons. The average Bonchev–Trinajstić information content (AvgIpc) is 2.39. The Bertz CT molecular complexity index is 483. The van der Waals surface area contributed by atoms with Crippen molar-refractivity contribution in [1.29, 1.82) is 0 Å². The van der Waals surface area contributed by atoms with Gasteiger partial charge >= 0.3 is 0 Å². The Balaban J connectivity index is 2.09. The lowest BCUT2D eigenvalue weighted by atomic mass is 10.2. The second kappa shape index (κ2) is 5.73. The summed E-state index contributed by atoms with van der Waals surface area (Å²) < 4.78 is 5.59. The molecule has 0 fully saturated rings. The molecule has 2 aromatic rings. The van der Waals surface area contributed by atoms with Gasteiger partial charge in [0.1, 0.15) is 6.61 Å². The molecule has 2 rings (SSSR count). The molecule has 0 bridgehead atoms. The molecule has 0 spiro atoms. The highest BCUT2D eigenvalue weighted by atomic mass is 79.9. The Morgan fingerprint density at radius 3 is 2.47 bits per heavy atom. The van der Waals surface area contributed by atoms with Crippen LogP contribution in [0.5, 0.6) is 11.5 Å². The first-order valence-electron chi connectivity index (χ1n) is 5.35. The predicted octanol–water partition coefficient (Wildman–Crippen LogP) is 3.87. The van der Waals surface area contributed by atoms with Crippen LogP contribution in [0.15, 0.2) is 48.5 Å². The Morgan fingerprint density at radius 1 is 1.00 bits per heavy atom. The Hall–Kier alpha value is -1.48. The van der Waals surface area contributed by atoms with Gasteiger partial charge in [-0.15, -0.1) is 0 Å². The fourth-order valence-corrected chi connectivity index (χ4v) is 1.98. The van der Waals surface area contributed by atoms with Crippen molar-refractivity contribution in [1.82, 2.24) is 0 Å². The van der Waals surface area contributed by atoms with Gasteiger partial charge in [0.05, 0.1) is 0 Å². The first kappa shape index (κ1) is 12.0.